The molecule has 1 N–H and O–H groups in total. The topological polar surface area (TPSA) is 82.8 Å². The average Bonchev–Trinajstić information content (AvgIpc) is 3.55. The van der Waals surface area contributed by atoms with Gasteiger partial charge in [0.15, 0.2) is 11.5 Å². The highest BCUT2D eigenvalue weighted by molar-refractivity contribution is 6.30. The minimum atomic E-state index is -1.49. The maximum Gasteiger partial charge on any atom is 0.335 e. The van der Waals surface area contributed by atoms with Crippen LogP contribution in [0.2, 0.25) is 5.02 Å². The van der Waals surface area contributed by atoms with Gasteiger partial charge in [-0.2, -0.15) is 0 Å². The number of para-hydroxylation sites is 1. The van der Waals surface area contributed by atoms with Crippen molar-refractivity contribution in [3.8, 4) is 22.6 Å². The van der Waals surface area contributed by atoms with Crippen LogP contribution >= 0.6 is 11.6 Å². The third-order valence-electron chi connectivity index (χ3n) is 7.71. The number of rotatable bonds is 9. The van der Waals surface area contributed by atoms with Crippen LogP contribution in [0.25, 0.3) is 22.2 Å². The summed E-state index contributed by atoms with van der Waals surface area (Å²) < 4.78 is 65.6. The van der Waals surface area contributed by atoms with E-state index in [0.717, 1.165) is 0 Å². The van der Waals surface area contributed by atoms with Crippen molar-refractivity contribution in [1.82, 2.24) is 9.55 Å². The van der Waals surface area contributed by atoms with Gasteiger partial charge in [-0.1, -0.05) is 30.7 Å². The molecule has 44 heavy (non-hydrogen) atoms. The molecule has 0 aliphatic carbocycles. The monoisotopic (exact) mass is 622 g/mol. The van der Waals surface area contributed by atoms with Gasteiger partial charge in [0.2, 0.25) is 0 Å². The largest absolute Gasteiger partial charge is 0.478 e. The quantitative estimate of drug-likeness (QED) is 0.181. The van der Waals surface area contributed by atoms with E-state index in [-0.39, 0.29) is 52.5 Å². The van der Waals surface area contributed by atoms with Gasteiger partial charge in [-0.25, -0.2) is 22.9 Å². The lowest BCUT2D eigenvalue weighted by Crippen LogP contribution is -2.35. The van der Waals surface area contributed by atoms with E-state index in [1.807, 2.05) is 0 Å². The number of benzene rings is 4. The molecule has 226 valence electrons. The summed E-state index contributed by atoms with van der Waals surface area (Å²) >= 11 is 5.94. The lowest BCUT2D eigenvalue weighted by atomic mass is 10.00. The van der Waals surface area contributed by atoms with Crippen LogP contribution in [0.1, 0.15) is 40.7 Å². The molecule has 0 amide bonds. The van der Waals surface area contributed by atoms with Gasteiger partial charge in [0.05, 0.1) is 28.8 Å². The second kappa shape index (κ2) is 11.5. The zero-order valence-electron chi connectivity index (χ0n) is 23.7. The Labute approximate surface area is 255 Å². The van der Waals surface area contributed by atoms with E-state index in [1.54, 1.807) is 35.8 Å². The van der Waals surface area contributed by atoms with Gasteiger partial charge < -0.3 is 23.9 Å². The molecule has 6 rings (SSSR count). The second-order valence-electron chi connectivity index (χ2n) is 10.3. The first-order chi connectivity index (χ1) is 21.1. The van der Waals surface area contributed by atoms with Crippen LogP contribution in [-0.2, 0) is 23.5 Å². The number of carboxylic acid groups (broad SMARTS) is 1. The Bertz CT molecular complexity index is 1900. The minimum Gasteiger partial charge on any atom is -0.478 e. The van der Waals surface area contributed by atoms with Gasteiger partial charge in [-0.3, -0.25) is 0 Å². The van der Waals surface area contributed by atoms with Crippen LogP contribution in [0.15, 0.2) is 66.7 Å². The van der Waals surface area contributed by atoms with E-state index in [0.29, 0.717) is 34.7 Å². The average molecular weight is 623 g/mol. The third-order valence-corrected chi connectivity index (χ3v) is 7.94. The number of hydrogen-bond acceptors (Lipinski definition) is 5. The predicted octanol–water partition coefficient (Wildman–Crippen LogP) is 7.74. The number of ether oxygens (including phenoxy) is 3. The van der Waals surface area contributed by atoms with Crippen LogP contribution in [-0.4, -0.2) is 34.3 Å². The van der Waals surface area contributed by atoms with Crippen LogP contribution in [0.5, 0.6) is 11.5 Å². The standard InChI is InChI=1S/C33H26ClF3N2O5/c1-3-33(23-9-8-20(34)16-26(23)37)43-29-6-4-5-21(31(29)44-33)19-13-24(35)22(25(36)14-19)17-30-38-27-10-7-18(32(40)41)15-28(27)39(30)11-12-42-2/h4-10,13-16H,3,11-12,17H2,1-2H3,(H,40,41). The highest BCUT2D eigenvalue weighted by Gasteiger charge is 2.45. The number of aromatic carboxylic acids is 1. The molecule has 5 aromatic rings. The first-order valence-corrected chi connectivity index (χ1v) is 14.2. The van der Waals surface area contributed by atoms with E-state index in [1.165, 1.54) is 49.6 Å². The van der Waals surface area contributed by atoms with Crippen molar-refractivity contribution in [3.05, 3.63) is 112 Å². The molecule has 0 spiro atoms. The molecular weight excluding hydrogens is 597 g/mol. The number of halogens is 4. The smallest absolute Gasteiger partial charge is 0.335 e. The molecule has 0 bridgehead atoms. The molecule has 0 radical (unpaired) electrons. The fourth-order valence-electron chi connectivity index (χ4n) is 5.49. The lowest BCUT2D eigenvalue weighted by Gasteiger charge is -2.27. The molecule has 11 heteroatoms. The summed E-state index contributed by atoms with van der Waals surface area (Å²) in [5, 5.41) is 9.66. The van der Waals surface area contributed by atoms with Crippen LogP contribution in [0.3, 0.4) is 0 Å². The van der Waals surface area contributed by atoms with E-state index >= 15 is 8.78 Å². The van der Waals surface area contributed by atoms with Gasteiger partial charge in [-0.15, -0.1) is 0 Å². The normalized spacial score (nSPS) is 15.7. The van der Waals surface area contributed by atoms with Crippen LogP contribution in [0, 0.1) is 17.5 Å². The van der Waals surface area contributed by atoms with E-state index in [2.05, 4.69) is 4.98 Å². The second-order valence-corrected chi connectivity index (χ2v) is 10.8. The van der Waals surface area contributed by atoms with Gasteiger partial charge in [0.25, 0.3) is 5.79 Å². The molecule has 1 aliphatic heterocycles. The Morgan fingerprint density at radius 3 is 2.48 bits per heavy atom. The van der Waals surface area contributed by atoms with Crippen molar-refractivity contribution in [3.63, 3.8) is 0 Å². The number of fused-ring (bicyclic) bond motifs is 2. The summed E-state index contributed by atoms with van der Waals surface area (Å²) in [5.41, 5.74) is 1.58. The Hall–Kier alpha value is -4.54. The number of nitrogens with zero attached hydrogens (tertiary/aromatic N) is 2. The molecule has 1 unspecified atom stereocenters. The van der Waals surface area contributed by atoms with Crippen LogP contribution < -0.4 is 9.47 Å². The number of imidazole rings is 1. The molecular formula is C33H26ClF3N2O5. The zero-order valence-corrected chi connectivity index (χ0v) is 24.4. The number of carboxylic acids is 1. The number of hydrogen-bond donors (Lipinski definition) is 1. The molecule has 0 saturated carbocycles. The van der Waals surface area contributed by atoms with Crippen LogP contribution in [0.4, 0.5) is 13.2 Å². The summed E-state index contributed by atoms with van der Waals surface area (Å²) in [5.74, 6) is -3.94. The Morgan fingerprint density at radius 2 is 1.80 bits per heavy atom. The molecule has 0 saturated heterocycles. The van der Waals surface area contributed by atoms with E-state index in [4.69, 9.17) is 25.8 Å². The predicted molar refractivity (Wildman–Crippen MR) is 158 cm³/mol. The molecule has 0 fully saturated rings. The summed E-state index contributed by atoms with van der Waals surface area (Å²) in [6.07, 6.45) is 0.0411. The Balaban J connectivity index is 1.36. The van der Waals surface area contributed by atoms with Crippen molar-refractivity contribution >= 4 is 28.6 Å². The molecule has 2 heterocycles. The molecule has 1 aliphatic rings. The van der Waals surface area contributed by atoms with Crippen molar-refractivity contribution in [2.45, 2.75) is 32.1 Å². The molecule has 1 atom stereocenters. The highest BCUT2D eigenvalue weighted by Crippen LogP contribution is 2.51. The molecule has 4 aromatic carbocycles. The molecule has 7 nitrogen and oxygen atoms in total. The fourth-order valence-corrected chi connectivity index (χ4v) is 5.65. The minimum absolute atomic E-state index is 0.0665. The number of aromatic nitrogens is 2. The number of methoxy groups -OCH3 is 1. The van der Waals surface area contributed by atoms with E-state index in [9.17, 15) is 14.3 Å². The van der Waals surface area contributed by atoms with Gasteiger partial charge >= 0.3 is 5.97 Å². The van der Waals surface area contributed by atoms with Crippen molar-refractivity contribution in [2.24, 2.45) is 0 Å². The maximum absolute atomic E-state index is 15.7. The maximum atomic E-state index is 15.7. The van der Waals surface area contributed by atoms with Crippen molar-refractivity contribution in [1.29, 1.82) is 0 Å². The molecule has 1 aromatic heterocycles. The first kappa shape index (κ1) is 29.5. The van der Waals surface area contributed by atoms with Crippen molar-refractivity contribution in [2.75, 3.05) is 13.7 Å². The number of carbonyl (C=O) groups is 1. The van der Waals surface area contributed by atoms with Crippen molar-refractivity contribution < 1.29 is 37.3 Å². The third kappa shape index (κ3) is 5.14. The summed E-state index contributed by atoms with van der Waals surface area (Å²) in [7, 11) is 1.52. The summed E-state index contributed by atoms with van der Waals surface area (Å²) in [6, 6.07) is 16.0. The summed E-state index contributed by atoms with van der Waals surface area (Å²) in [6.45, 7) is 2.35. The van der Waals surface area contributed by atoms with Gasteiger partial charge in [0.1, 0.15) is 23.3 Å². The van der Waals surface area contributed by atoms with Gasteiger partial charge in [-0.05, 0) is 60.2 Å². The summed E-state index contributed by atoms with van der Waals surface area (Å²) in [4.78, 5) is 16.1. The van der Waals surface area contributed by atoms with Gasteiger partial charge in [0, 0.05) is 42.6 Å². The lowest BCUT2D eigenvalue weighted by molar-refractivity contribution is -0.0914. The van der Waals surface area contributed by atoms with E-state index < -0.39 is 29.2 Å². The SMILES string of the molecule is CCC1(c2ccc(Cl)cc2F)Oc2cccc(-c3cc(F)c(Cc4nc5ccc(C(=O)O)cc5n4CCOC)c(F)c3)c2O1. The highest BCUT2D eigenvalue weighted by atomic mass is 35.5. The Morgan fingerprint density at radius 1 is 1.02 bits per heavy atom. The Kier molecular flexibility index (Phi) is 7.73. The fraction of sp³-hybridized carbons (Fsp3) is 0.212. The first-order valence-electron chi connectivity index (χ1n) is 13.8. The zero-order chi connectivity index (χ0) is 31.2.